The molecule has 0 bridgehead atoms. The number of rotatable bonds is 5. The SMILES string of the molecule is C=C1CCCc2c1c(C)cc1c2C(=O)/C(=C(/C)NC)C1C1=Cc2nnnn2CCC1.CN/C(C)=C1\C(=O)c2c(cc(C)c3c2CCC/C3=N\n2cnnc2)C1C1=Cc2nnnn2CCC1. The highest BCUT2D eigenvalue weighted by molar-refractivity contribution is 6.19. The maximum absolute atomic E-state index is 14.1. The van der Waals surface area contributed by atoms with E-state index in [0.29, 0.717) is 0 Å². The van der Waals surface area contributed by atoms with E-state index in [1.165, 1.54) is 27.8 Å². The second kappa shape index (κ2) is 16.9. The number of aromatic nitrogens is 11. The second-order valence-corrected chi connectivity index (χ2v) is 18.0. The first-order valence-corrected chi connectivity index (χ1v) is 22.8. The van der Waals surface area contributed by atoms with Crippen molar-refractivity contribution >= 4 is 35.0 Å². The minimum absolute atomic E-state index is 0.0533. The molecule has 0 radical (unpaired) electrons. The number of nitrogens with one attached hydrogen (secondary N) is 2. The van der Waals surface area contributed by atoms with Crippen molar-refractivity contribution in [1.82, 2.24) is 65.9 Å². The van der Waals surface area contributed by atoms with Gasteiger partial charge in [0, 0.05) is 78.3 Å². The zero-order valence-corrected chi connectivity index (χ0v) is 38.0. The van der Waals surface area contributed by atoms with E-state index >= 15 is 0 Å². The summed E-state index contributed by atoms with van der Waals surface area (Å²) in [5.74, 6) is 1.63. The molecule has 2 atom stereocenters. The molecule has 2 aliphatic heterocycles. The third-order valence-corrected chi connectivity index (χ3v) is 14.2. The molecule has 332 valence electrons. The van der Waals surface area contributed by atoms with Crippen LogP contribution in [-0.2, 0) is 25.9 Å². The predicted molar refractivity (Wildman–Crippen MR) is 247 cm³/mol. The van der Waals surface area contributed by atoms with Crippen molar-refractivity contribution in [2.75, 3.05) is 14.1 Å². The molecule has 0 amide bonds. The number of Topliss-reactive ketones (excluding diaryl/α,β-unsaturated/α-hetero) is 2. The first-order valence-electron chi connectivity index (χ1n) is 22.8. The van der Waals surface area contributed by atoms with Crippen molar-refractivity contribution < 1.29 is 9.59 Å². The van der Waals surface area contributed by atoms with Crippen molar-refractivity contribution in [3.63, 3.8) is 0 Å². The second-order valence-electron chi connectivity index (χ2n) is 18.0. The van der Waals surface area contributed by atoms with Gasteiger partial charge in [0.25, 0.3) is 0 Å². The predicted octanol–water partition coefficient (Wildman–Crippen LogP) is 6.79. The standard InChI is InChI=1S/C25H27N9O.C24H27N5O/c1-14-10-18-23(16-6-5-9-34-20(11-16)29-31-32-34)22(15(2)26-3)25(35)24(18)17-7-4-8-19(21(14)17)30-33-12-27-28-13-33;1-13-7-5-9-17-20(13)14(2)11-18-22(21(15(3)25-4)24(30)23(17)18)16-8-6-10-29-19(12-16)26-27-28-29/h10-13,23,26H,4-9H2,1-3H3;11-12,22,25H,1,5-10H2,2-4H3/b22-15-,30-19+;21-15-. The zero-order chi connectivity index (χ0) is 45.1. The molecule has 4 aliphatic carbocycles. The average Bonchev–Trinajstić information content (AvgIpc) is 4.13. The van der Waals surface area contributed by atoms with E-state index in [4.69, 9.17) is 5.10 Å². The Hall–Kier alpha value is -6.97. The Bertz CT molecular complexity index is 2970. The summed E-state index contributed by atoms with van der Waals surface area (Å²) in [6.07, 6.45) is 16.7. The van der Waals surface area contributed by atoms with Crippen molar-refractivity contribution in [1.29, 1.82) is 0 Å². The number of aryl methyl sites for hydroxylation is 4. The number of nitrogens with zero attached hydrogens (tertiary/aromatic N) is 12. The Morgan fingerprint density at radius 3 is 1.68 bits per heavy atom. The summed E-state index contributed by atoms with van der Waals surface area (Å²) in [6, 6.07) is 4.44. The fourth-order valence-corrected chi connectivity index (χ4v) is 11.3. The highest BCUT2D eigenvalue weighted by atomic mass is 16.1. The molecule has 11 rings (SSSR count). The molecule has 5 aromatic rings. The maximum atomic E-state index is 14.1. The van der Waals surface area contributed by atoms with Crippen molar-refractivity contribution in [3.05, 3.63) is 132 Å². The van der Waals surface area contributed by atoms with Gasteiger partial charge in [0.15, 0.2) is 23.2 Å². The Balaban J connectivity index is 0.000000155. The third kappa shape index (κ3) is 7.09. The molecule has 6 aliphatic rings. The Kier molecular flexibility index (Phi) is 10.9. The lowest BCUT2D eigenvalue weighted by atomic mass is 9.79. The molecule has 16 heteroatoms. The Labute approximate surface area is 377 Å². The third-order valence-electron chi connectivity index (χ3n) is 14.2. The van der Waals surface area contributed by atoms with Crippen LogP contribution in [-0.4, -0.2) is 86.7 Å². The topological polar surface area (TPSA) is 188 Å². The van der Waals surface area contributed by atoms with Gasteiger partial charge in [-0.05, 0) is 169 Å². The zero-order valence-electron chi connectivity index (χ0n) is 38.0. The summed E-state index contributed by atoms with van der Waals surface area (Å²) in [5, 5.41) is 43.3. The fourth-order valence-electron chi connectivity index (χ4n) is 11.3. The van der Waals surface area contributed by atoms with Gasteiger partial charge in [-0.25, -0.2) is 14.0 Å². The molecule has 2 unspecified atom stereocenters. The van der Waals surface area contributed by atoms with Gasteiger partial charge >= 0.3 is 0 Å². The Morgan fingerprint density at radius 2 is 1.15 bits per heavy atom. The first kappa shape index (κ1) is 42.0. The van der Waals surface area contributed by atoms with E-state index in [1.54, 1.807) is 17.3 Å². The van der Waals surface area contributed by atoms with Crippen LogP contribution >= 0.6 is 0 Å². The smallest absolute Gasteiger partial charge is 0.192 e. The minimum Gasteiger partial charge on any atom is -0.391 e. The summed E-state index contributed by atoms with van der Waals surface area (Å²) in [4.78, 5) is 27.9. The van der Waals surface area contributed by atoms with E-state index in [0.717, 1.165) is 162 Å². The monoisotopic (exact) mass is 870 g/mol. The normalized spacial score (nSPS) is 21.9. The number of hydrogen-bond donors (Lipinski definition) is 2. The van der Waals surface area contributed by atoms with Crippen molar-refractivity contribution in [2.45, 2.75) is 117 Å². The number of hydrogen-bond acceptors (Lipinski definition) is 13. The summed E-state index contributed by atoms with van der Waals surface area (Å²) in [5.41, 5.74) is 19.1. The van der Waals surface area contributed by atoms with Gasteiger partial charge in [0.1, 0.15) is 12.7 Å². The number of fused-ring (bicyclic) bond motifs is 8. The molecule has 16 nitrogen and oxygen atoms in total. The summed E-state index contributed by atoms with van der Waals surface area (Å²) < 4.78 is 5.32. The van der Waals surface area contributed by atoms with Gasteiger partial charge in [0.05, 0.1) is 5.71 Å². The molecule has 0 saturated carbocycles. The molecular formula is C49H54N14O2. The number of benzene rings is 2. The van der Waals surface area contributed by atoms with Crippen LogP contribution in [0.4, 0.5) is 0 Å². The van der Waals surface area contributed by atoms with Gasteiger partial charge in [-0.3, -0.25) is 9.59 Å². The number of carbonyl (C=O) groups is 2. The van der Waals surface area contributed by atoms with Crippen LogP contribution in [0.2, 0.25) is 0 Å². The lowest BCUT2D eigenvalue weighted by Crippen LogP contribution is -2.19. The molecule has 0 saturated heterocycles. The van der Waals surface area contributed by atoms with Crippen LogP contribution in [0.1, 0.15) is 154 Å². The van der Waals surface area contributed by atoms with Gasteiger partial charge in [0.2, 0.25) is 0 Å². The highest BCUT2D eigenvalue weighted by Crippen LogP contribution is 2.51. The molecule has 0 fully saturated rings. The lowest BCUT2D eigenvalue weighted by Gasteiger charge is -2.24. The summed E-state index contributed by atoms with van der Waals surface area (Å²) in [7, 11) is 3.77. The van der Waals surface area contributed by atoms with Gasteiger partial charge in [-0.2, -0.15) is 5.10 Å². The van der Waals surface area contributed by atoms with Crippen LogP contribution in [0.5, 0.6) is 0 Å². The molecular weight excluding hydrogens is 817 g/mol. The van der Waals surface area contributed by atoms with Crippen molar-refractivity contribution in [3.8, 4) is 0 Å². The fraction of sp³-hybridized carbons (Fsp3) is 0.408. The molecule has 0 spiro atoms. The van der Waals surface area contributed by atoms with Crippen molar-refractivity contribution in [2.24, 2.45) is 5.10 Å². The Morgan fingerprint density at radius 1 is 0.662 bits per heavy atom. The van der Waals surface area contributed by atoms with Gasteiger partial charge in [-0.1, -0.05) is 29.9 Å². The van der Waals surface area contributed by atoms with E-state index in [1.807, 2.05) is 37.3 Å². The van der Waals surface area contributed by atoms with E-state index < -0.39 is 0 Å². The molecule has 3 aromatic heterocycles. The highest BCUT2D eigenvalue weighted by Gasteiger charge is 2.43. The quantitative estimate of drug-likeness (QED) is 0.176. The van der Waals surface area contributed by atoms with Crippen LogP contribution in [0.15, 0.2) is 70.2 Å². The van der Waals surface area contributed by atoms with Crippen LogP contribution in [0.3, 0.4) is 0 Å². The number of ketones is 2. The summed E-state index contributed by atoms with van der Waals surface area (Å²) in [6.45, 7) is 14.2. The van der Waals surface area contributed by atoms with Crippen LogP contribution in [0.25, 0.3) is 17.7 Å². The number of carbonyl (C=O) groups excluding carboxylic acids is 2. The molecule has 2 aromatic carbocycles. The van der Waals surface area contributed by atoms with E-state index in [2.05, 4.69) is 96.6 Å². The minimum atomic E-state index is -0.114. The number of tetrazole rings is 2. The average molecular weight is 871 g/mol. The van der Waals surface area contributed by atoms with E-state index in [-0.39, 0.29) is 23.4 Å². The largest absolute Gasteiger partial charge is 0.391 e. The lowest BCUT2D eigenvalue weighted by molar-refractivity contribution is 0.102. The molecule has 5 heterocycles. The van der Waals surface area contributed by atoms with E-state index in [9.17, 15) is 9.59 Å². The number of allylic oxidation sites excluding steroid dienone is 7. The maximum Gasteiger partial charge on any atom is 0.192 e. The van der Waals surface area contributed by atoms with Gasteiger partial charge in [-0.15, -0.1) is 20.4 Å². The first-order chi connectivity index (χ1) is 31.6. The van der Waals surface area contributed by atoms with Crippen LogP contribution < -0.4 is 10.6 Å². The van der Waals surface area contributed by atoms with Gasteiger partial charge < -0.3 is 10.6 Å². The van der Waals surface area contributed by atoms with Crippen LogP contribution in [0, 0.1) is 13.8 Å². The summed E-state index contributed by atoms with van der Waals surface area (Å²) >= 11 is 0. The molecule has 65 heavy (non-hydrogen) atoms. The molecule has 2 N–H and O–H groups in total.